The largest absolute Gasteiger partial charge is 0.324 e. The van der Waals surface area contributed by atoms with Gasteiger partial charge in [-0.3, -0.25) is 0 Å². The van der Waals surface area contributed by atoms with E-state index < -0.39 is 0 Å². The molecule has 0 spiro atoms. The summed E-state index contributed by atoms with van der Waals surface area (Å²) in [6.07, 6.45) is 4.65. The first-order chi connectivity index (χ1) is 7.18. The lowest BCUT2D eigenvalue weighted by Gasteiger charge is -2.39. The van der Waals surface area contributed by atoms with Crippen LogP contribution < -0.4 is 5.73 Å². The zero-order chi connectivity index (χ0) is 10.9. The van der Waals surface area contributed by atoms with Crippen molar-refractivity contribution < 1.29 is 0 Å². The highest BCUT2D eigenvalue weighted by molar-refractivity contribution is 5.34. The molecule has 0 atom stereocenters. The summed E-state index contributed by atoms with van der Waals surface area (Å²) in [5, 5.41) is 0. The quantitative estimate of drug-likeness (QED) is 0.798. The fraction of sp³-hybridized carbons (Fsp3) is 0.571. The lowest BCUT2D eigenvalue weighted by atomic mass is 9.68. The molecule has 1 heteroatoms. The second-order valence-corrected chi connectivity index (χ2v) is 4.81. The zero-order valence-electron chi connectivity index (χ0n) is 9.79. The molecule has 1 saturated carbocycles. The minimum absolute atomic E-state index is 0.0673. The Balaban J connectivity index is 2.43. The fourth-order valence-corrected chi connectivity index (χ4v) is 3.02. The van der Waals surface area contributed by atoms with Crippen molar-refractivity contribution in [2.75, 3.05) is 0 Å². The van der Waals surface area contributed by atoms with Gasteiger partial charge in [0.05, 0.1) is 0 Å². The van der Waals surface area contributed by atoms with Crippen LogP contribution in [0, 0.1) is 0 Å². The second kappa shape index (κ2) is 3.64. The first-order valence-electron chi connectivity index (χ1n) is 6.03. The molecule has 0 heterocycles. The van der Waals surface area contributed by atoms with Gasteiger partial charge in [0.1, 0.15) is 0 Å². The molecule has 2 rings (SSSR count). The van der Waals surface area contributed by atoms with Crippen LogP contribution in [0.4, 0.5) is 0 Å². The van der Waals surface area contributed by atoms with Crippen molar-refractivity contribution in [3.63, 3.8) is 0 Å². The predicted octanol–water partition coefficient (Wildman–Crippen LogP) is 3.24. The third-order valence-corrected chi connectivity index (χ3v) is 4.28. The van der Waals surface area contributed by atoms with Crippen molar-refractivity contribution in [3.8, 4) is 0 Å². The van der Waals surface area contributed by atoms with Gasteiger partial charge in [0.25, 0.3) is 0 Å². The summed E-state index contributed by atoms with van der Waals surface area (Å²) in [6.45, 7) is 4.53. The van der Waals surface area contributed by atoms with Crippen LogP contribution in [-0.4, -0.2) is 5.54 Å². The van der Waals surface area contributed by atoms with Gasteiger partial charge in [-0.2, -0.15) is 0 Å². The maximum atomic E-state index is 6.48. The van der Waals surface area contributed by atoms with Gasteiger partial charge in [-0.1, -0.05) is 44.2 Å². The van der Waals surface area contributed by atoms with E-state index >= 15 is 0 Å². The summed E-state index contributed by atoms with van der Waals surface area (Å²) in [5.74, 6) is 0. The average Bonchev–Trinajstić information content (AvgIpc) is 3.02. The summed E-state index contributed by atoms with van der Waals surface area (Å²) in [4.78, 5) is 0. The molecular weight excluding hydrogens is 182 g/mol. The predicted molar refractivity (Wildman–Crippen MR) is 64.9 cm³/mol. The van der Waals surface area contributed by atoms with Gasteiger partial charge < -0.3 is 5.73 Å². The molecule has 0 unspecified atom stereocenters. The first kappa shape index (κ1) is 10.7. The van der Waals surface area contributed by atoms with Gasteiger partial charge in [0.15, 0.2) is 0 Å². The van der Waals surface area contributed by atoms with Gasteiger partial charge >= 0.3 is 0 Å². The Bertz CT molecular complexity index is 320. The Kier molecular flexibility index (Phi) is 2.59. The molecule has 1 aromatic rings. The Hall–Kier alpha value is -0.820. The highest BCUT2D eigenvalue weighted by Gasteiger charge is 2.55. The van der Waals surface area contributed by atoms with Crippen LogP contribution in [0.1, 0.15) is 45.1 Å². The molecule has 0 aromatic heterocycles. The number of nitrogens with two attached hydrogens (primary N) is 1. The van der Waals surface area contributed by atoms with Crippen molar-refractivity contribution in [2.24, 2.45) is 5.73 Å². The summed E-state index contributed by atoms with van der Waals surface area (Å²) in [6, 6.07) is 10.8. The van der Waals surface area contributed by atoms with Crippen LogP contribution in [0.25, 0.3) is 0 Å². The van der Waals surface area contributed by atoms with Crippen molar-refractivity contribution in [1.29, 1.82) is 0 Å². The number of hydrogen-bond donors (Lipinski definition) is 1. The SMILES string of the molecule is CCC(CC)(c1ccccc1)C1(N)CC1. The third-order valence-electron chi connectivity index (χ3n) is 4.28. The standard InChI is InChI=1S/C14H21N/c1-3-13(4-2,14(15)10-11-14)12-8-6-5-7-9-12/h5-9H,3-4,10-11,15H2,1-2H3. The molecule has 1 aromatic carbocycles. The fourth-order valence-electron chi connectivity index (χ4n) is 3.02. The zero-order valence-corrected chi connectivity index (χ0v) is 9.79. The summed E-state index contributed by atoms with van der Waals surface area (Å²) >= 11 is 0. The smallest absolute Gasteiger partial charge is 0.0253 e. The van der Waals surface area contributed by atoms with Gasteiger partial charge in [-0.05, 0) is 31.2 Å². The number of rotatable bonds is 4. The molecule has 0 aliphatic heterocycles. The molecule has 1 fully saturated rings. The van der Waals surface area contributed by atoms with E-state index in [1.807, 2.05) is 0 Å². The molecule has 2 N–H and O–H groups in total. The molecular formula is C14H21N. The van der Waals surface area contributed by atoms with Crippen molar-refractivity contribution >= 4 is 0 Å². The lowest BCUT2D eigenvalue weighted by Crippen LogP contribution is -2.47. The van der Waals surface area contributed by atoms with Crippen LogP contribution in [0.2, 0.25) is 0 Å². The molecule has 0 radical (unpaired) electrons. The molecule has 1 aliphatic rings. The van der Waals surface area contributed by atoms with E-state index in [1.54, 1.807) is 0 Å². The summed E-state index contributed by atoms with van der Waals surface area (Å²) in [7, 11) is 0. The third kappa shape index (κ3) is 1.50. The van der Waals surface area contributed by atoms with Crippen LogP contribution in [0.3, 0.4) is 0 Å². The van der Waals surface area contributed by atoms with Crippen LogP contribution in [-0.2, 0) is 5.41 Å². The summed E-state index contributed by atoms with van der Waals surface area (Å²) < 4.78 is 0. The first-order valence-corrected chi connectivity index (χ1v) is 6.03. The van der Waals surface area contributed by atoms with Gasteiger partial charge in [-0.25, -0.2) is 0 Å². The van der Waals surface area contributed by atoms with Crippen LogP contribution in [0.15, 0.2) is 30.3 Å². The molecule has 0 amide bonds. The highest BCUT2D eigenvalue weighted by Crippen LogP contribution is 2.53. The van der Waals surface area contributed by atoms with E-state index in [-0.39, 0.29) is 11.0 Å². The second-order valence-electron chi connectivity index (χ2n) is 4.81. The van der Waals surface area contributed by atoms with Crippen molar-refractivity contribution in [1.82, 2.24) is 0 Å². The minimum Gasteiger partial charge on any atom is -0.324 e. The van der Waals surface area contributed by atoms with Crippen LogP contribution in [0.5, 0.6) is 0 Å². The maximum Gasteiger partial charge on any atom is 0.0253 e. The Morgan fingerprint density at radius 2 is 1.67 bits per heavy atom. The van der Waals surface area contributed by atoms with E-state index in [4.69, 9.17) is 5.73 Å². The molecule has 0 saturated heterocycles. The normalized spacial score (nSPS) is 18.9. The van der Waals surface area contributed by atoms with Crippen molar-refractivity contribution in [3.05, 3.63) is 35.9 Å². The Morgan fingerprint density at radius 1 is 1.13 bits per heavy atom. The number of benzene rings is 1. The number of hydrogen-bond acceptors (Lipinski definition) is 1. The van der Waals surface area contributed by atoms with Gasteiger partial charge in [0, 0.05) is 11.0 Å². The Morgan fingerprint density at radius 3 is 2.07 bits per heavy atom. The highest BCUT2D eigenvalue weighted by atomic mass is 14.9. The Labute approximate surface area is 92.7 Å². The molecule has 1 aliphatic carbocycles. The molecule has 82 valence electrons. The van der Waals surface area contributed by atoms with Gasteiger partial charge in [0.2, 0.25) is 0 Å². The van der Waals surface area contributed by atoms with Gasteiger partial charge in [-0.15, -0.1) is 0 Å². The van der Waals surface area contributed by atoms with Crippen molar-refractivity contribution in [2.45, 2.75) is 50.5 Å². The average molecular weight is 203 g/mol. The van der Waals surface area contributed by atoms with E-state index in [1.165, 1.54) is 18.4 Å². The van der Waals surface area contributed by atoms with E-state index in [0.717, 1.165) is 12.8 Å². The molecule has 1 nitrogen and oxygen atoms in total. The van der Waals surface area contributed by atoms with E-state index in [2.05, 4.69) is 44.2 Å². The monoisotopic (exact) mass is 203 g/mol. The van der Waals surface area contributed by atoms with E-state index in [9.17, 15) is 0 Å². The van der Waals surface area contributed by atoms with Crippen LogP contribution >= 0.6 is 0 Å². The topological polar surface area (TPSA) is 26.0 Å². The lowest BCUT2D eigenvalue weighted by molar-refractivity contribution is 0.300. The summed E-state index contributed by atoms with van der Waals surface area (Å²) in [5.41, 5.74) is 8.17. The maximum absolute atomic E-state index is 6.48. The van der Waals surface area contributed by atoms with E-state index in [0.29, 0.717) is 0 Å². The molecule has 0 bridgehead atoms. The molecule has 15 heavy (non-hydrogen) atoms. The minimum atomic E-state index is 0.0673.